The summed E-state index contributed by atoms with van der Waals surface area (Å²) in [6.07, 6.45) is 4.28. The summed E-state index contributed by atoms with van der Waals surface area (Å²) in [7, 11) is 3.26. The van der Waals surface area contributed by atoms with Crippen LogP contribution in [-0.2, 0) is 23.7 Å². The van der Waals surface area contributed by atoms with Crippen molar-refractivity contribution < 1.29 is 19.7 Å². The van der Waals surface area contributed by atoms with Crippen molar-refractivity contribution in [2.24, 2.45) is 9.98 Å². The van der Waals surface area contributed by atoms with Gasteiger partial charge < -0.3 is 19.7 Å². The minimum absolute atomic E-state index is 0.149. The number of hydrogen-bond acceptors (Lipinski definition) is 6. The van der Waals surface area contributed by atoms with Gasteiger partial charge in [-0.15, -0.1) is 0 Å². The first-order chi connectivity index (χ1) is 21.7. The summed E-state index contributed by atoms with van der Waals surface area (Å²) in [5.74, 6) is 1.86. The molecule has 4 aromatic rings. The van der Waals surface area contributed by atoms with Gasteiger partial charge in [0.15, 0.2) is 0 Å². The lowest BCUT2D eigenvalue weighted by molar-refractivity contribution is 0.415. The summed E-state index contributed by atoms with van der Waals surface area (Å²) in [5, 5.41) is 22.8. The number of rotatable bonds is 10. The third-order valence-electron chi connectivity index (χ3n) is 7.90. The molecule has 0 atom stereocenters. The Morgan fingerprint density at radius 2 is 0.978 bits per heavy atom. The summed E-state index contributed by atoms with van der Waals surface area (Å²) in [5.41, 5.74) is 7.05. The van der Waals surface area contributed by atoms with E-state index in [0.29, 0.717) is 24.0 Å². The van der Waals surface area contributed by atoms with Crippen molar-refractivity contribution in [1.82, 2.24) is 0 Å². The molecule has 46 heavy (non-hydrogen) atoms. The van der Waals surface area contributed by atoms with Crippen molar-refractivity contribution in [3.8, 4) is 23.0 Å². The second kappa shape index (κ2) is 14.1. The maximum absolute atomic E-state index is 11.4. The van der Waals surface area contributed by atoms with Gasteiger partial charge >= 0.3 is 0 Å². The molecule has 0 aliphatic heterocycles. The van der Waals surface area contributed by atoms with E-state index in [2.05, 4.69) is 58.1 Å². The van der Waals surface area contributed by atoms with Gasteiger partial charge in [0.2, 0.25) is 0 Å². The van der Waals surface area contributed by atoms with Gasteiger partial charge in [-0.25, -0.2) is 0 Å². The minimum atomic E-state index is -0.149. The molecule has 0 bridgehead atoms. The number of ether oxygens (including phenoxy) is 2. The molecule has 2 N–H and O–H groups in total. The average Bonchev–Trinajstić information content (AvgIpc) is 3.01. The van der Waals surface area contributed by atoms with Crippen LogP contribution < -0.4 is 9.47 Å². The number of aromatic hydroxyl groups is 2. The minimum Gasteiger partial charge on any atom is -0.507 e. The molecule has 0 saturated carbocycles. The smallest absolute Gasteiger partial charge is 0.127 e. The Morgan fingerprint density at radius 3 is 1.28 bits per heavy atom. The summed E-state index contributed by atoms with van der Waals surface area (Å²) in [6, 6.07) is 23.0. The zero-order valence-corrected chi connectivity index (χ0v) is 28.3. The van der Waals surface area contributed by atoms with E-state index in [0.717, 1.165) is 50.7 Å². The third kappa shape index (κ3) is 8.66. The second-order valence-corrected chi connectivity index (χ2v) is 13.7. The molecule has 0 aromatic heterocycles. The Labute approximate surface area is 273 Å². The molecule has 0 aliphatic rings. The predicted octanol–water partition coefficient (Wildman–Crippen LogP) is 9.55. The Balaban J connectivity index is 1.64. The van der Waals surface area contributed by atoms with Gasteiger partial charge in [-0.05, 0) is 107 Å². The van der Waals surface area contributed by atoms with E-state index >= 15 is 0 Å². The van der Waals surface area contributed by atoms with Gasteiger partial charge in [-0.3, -0.25) is 9.98 Å². The van der Waals surface area contributed by atoms with Crippen LogP contribution in [0.3, 0.4) is 0 Å². The first kappa shape index (κ1) is 34.0. The quantitative estimate of drug-likeness (QED) is 0.137. The number of allylic oxidation sites excluding steroid dienone is 1. The van der Waals surface area contributed by atoms with Crippen LogP contribution in [0.25, 0.3) is 0 Å². The van der Waals surface area contributed by atoms with Gasteiger partial charge in [0.05, 0.1) is 25.6 Å². The topological polar surface area (TPSA) is 83.6 Å². The van der Waals surface area contributed by atoms with Crippen LogP contribution in [-0.4, -0.2) is 36.9 Å². The number of phenolic OH excluding ortho intramolecular Hbond substituents is 2. The zero-order chi connectivity index (χ0) is 33.6. The van der Waals surface area contributed by atoms with E-state index in [4.69, 9.17) is 9.47 Å². The number of phenols is 2. The van der Waals surface area contributed by atoms with Crippen LogP contribution in [0.4, 0.5) is 11.4 Å². The highest BCUT2D eigenvalue weighted by Gasteiger charge is 2.21. The summed E-state index contributed by atoms with van der Waals surface area (Å²) < 4.78 is 10.5. The first-order valence-electron chi connectivity index (χ1n) is 15.4. The average molecular weight is 619 g/mol. The molecule has 0 radical (unpaired) electrons. The molecule has 0 saturated heterocycles. The predicted molar refractivity (Wildman–Crippen MR) is 191 cm³/mol. The molecule has 4 rings (SSSR count). The highest BCUT2D eigenvalue weighted by Crippen LogP contribution is 2.35. The van der Waals surface area contributed by atoms with E-state index < -0.39 is 0 Å². The van der Waals surface area contributed by atoms with Crippen LogP contribution in [0, 0.1) is 0 Å². The molecule has 0 fully saturated rings. The highest BCUT2D eigenvalue weighted by molar-refractivity contribution is 5.87. The molecular weight excluding hydrogens is 572 g/mol. The summed E-state index contributed by atoms with van der Waals surface area (Å²) >= 11 is 0. The standard InChI is InChI=1S/C40H46N2O4/c1-26(18-27-20-31(39(2,3)4)22-29(37(27)43)24-41-33-10-14-35(45-8)15-11-33)19-28-21-32(40(5,6)7)23-30(38(28)44)25-42-34-12-16-36(46-9)17-13-34/h10-17,20-25,43-44H,1,18-19H2,2-9H3. The van der Waals surface area contributed by atoms with Crippen LogP contribution >= 0.6 is 0 Å². The van der Waals surface area contributed by atoms with E-state index in [1.807, 2.05) is 72.8 Å². The van der Waals surface area contributed by atoms with Gasteiger partial charge in [0.25, 0.3) is 0 Å². The number of methoxy groups -OCH3 is 2. The van der Waals surface area contributed by atoms with Crippen LogP contribution in [0.2, 0.25) is 0 Å². The van der Waals surface area contributed by atoms with E-state index in [9.17, 15) is 10.2 Å². The highest BCUT2D eigenvalue weighted by atomic mass is 16.5. The molecule has 240 valence electrons. The Morgan fingerprint density at radius 1 is 0.630 bits per heavy atom. The van der Waals surface area contributed by atoms with Crippen molar-refractivity contribution in [3.63, 3.8) is 0 Å². The van der Waals surface area contributed by atoms with Crippen molar-refractivity contribution in [1.29, 1.82) is 0 Å². The molecule has 4 aromatic carbocycles. The van der Waals surface area contributed by atoms with Crippen molar-refractivity contribution in [3.05, 3.63) is 118 Å². The maximum Gasteiger partial charge on any atom is 0.127 e. The van der Waals surface area contributed by atoms with Crippen LogP contribution in [0.15, 0.2) is 94.9 Å². The number of benzene rings is 4. The van der Waals surface area contributed by atoms with Crippen molar-refractivity contribution in [2.75, 3.05) is 14.2 Å². The lowest BCUT2D eigenvalue weighted by Crippen LogP contribution is -2.13. The zero-order valence-electron chi connectivity index (χ0n) is 28.3. The molecule has 6 heteroatoms. The number of hydrogen-bond donors (Lipinski definition) is 2. The molecule has 0 heterocycles. The molecule has 0 amide bonds. The monoisotopic (exact) mass is 618 g/mol. The lowest BCUT2D eigenvalue weighted by Gasteiger charge is -2.23. The van der Waals surface area contributed by atoms with Crippen LogP contribution in [0.1, 0.15) is 74.9 Å². The van der Waals surface area contributed by atoms with Crippen LogP contribution in [0.5, 0.6) is 23.0 Å². The second-order valence-electron chi connectivity index (χ2n) is 13.7. The molecular formula is C40H46N2O4. The Hall–Kier alpha value is -4.84. The van der Waals surface area contributed by atoms with Gasteiger partial charge in [-0.1, -0.05) is 65.8 Å². The van der Waals surface area contributed by atoms with Crippen molar-refractivity contribution >= 4 is 23.8 Å². The first-order valence-corrected chi connectivity index (χ1v) is 15.4. The SMILES string of the molecule is C=C(Cc1cc(C(C)(C)C)cc(C=Nc2ccc(OC)cc2)c1O)Cc1cc(C(C)(C)C)cc(C=Nc2ccc(OC)cc2)c1O. The summed E-state index contributed by atoms with van der Waals surface area (Å²) in [4.78, 5) is 9.22. The number of nitrogens with zero attached hydrogens (tertiary/aromatic N) is 2. The molecule has 0 spiro atoms. The Kier molecular flexibility index (Phi) is 10.4. The lowest BCUT2D eigenvalue weighted by atomic mass is 9.82. The van der Waals surface area contributed by atoms with E-state index in [-0.39, 0.29) is 22.3 Å². The molecule has 0 unspecified atom stereocenters. The normalized spacial score (nSPS) is 12.2. The fraction of sp³-hybridized carbons (Fsp3) is 0.300. The fourth-order valence-electron chi connectivity index (χ4n) is 5.00. The van der Waals surface area contributed by atoms with Crippen molar-refractivity contribution in [2.45, 2.75) is 65.2 Å². The number of aliphatic imine (C=N–C) groups is 2. The third-order valence-corrected chi connectivity index (χ3v) is 7.90. The van der Waals surface area contributed by atoms with Gasteiger partial charge in [-0.2, -0.15) is 0 Å². The van der Waals surface area contributed by atoms with E-state index in [1.54, 1.807) is 26.6 Å². The fourth-order valence-corrected chi connectivity index (χ4v) is 5.00. The van der Waals surface area contributed by atoms with Gasteiger partial charge in [0, 0.05) is 23.6 Å². The molecule has 6 nitrogen and oxygen atoms in total. The van der Waals surface area contributed by atoms with E-state index in [1.165, 1.54) is 0 Å². The van der Waals surface area contributed by atoms with Gasteiger partial charge in [0.1, 0.15) is 23.0 Å². The summed E-state index contributed by atoms with van der Waals surface area (Å²) in [6.45, 7) is 17.3. The maximum atomic E-state index is 11.4. The Bertz CT molecular complexity index is 1610. The largest absolute Gasteiger partial charge is 0.507 e. The molecule has 0 aliphatic carbocycles.